The van der Waals surface area contributed by atoms with Gasteiger partial charge in [-0.25, -0.2) is 0 Å². The van der Waals surface area contributed by atoms with Gasteiger partial charge in [0, 0.05) is 40.6 Å². The molecular formula is C27H29N3O2S. The molecule has 33 heavy (non-hydrogen) atoms. The van der Waals surface area contributed by atoms with Gasteiger partial charge in [0.25, 0.3) is 0 Å². The standard InChI is InChI=1S/C27H29N3O2S/c1-27(2,3)33(31)30-24(17-23-19(18-14-15-18)12-8-16-28-23)20-9-4-5-10-21(20)26-22-11-6-7-13-25(22)32-29-26/h4-13,16,18,24,30H,14-15,17H2,1-3H3/t24-,33-/m0/s1. The van der Waals surface area contributed by atoms with E-state index >= 15 is 0 Å². The van der Waals surface area contributed by atoms with Crippen molar-refractivity contribution in [1.82, 2.24) is 14.9 Å². The third-order valence-electron chi connectivity index (χ3n) is 6.11. The van der Waals surface area contributed by atoms with Crippen LogP contribution in [0.15, 0.2) is 71.4 Å². The summed E-state index contributed by atoms with van der Waals surface area (Å²) in [4.78, 5) is 4.74. The van der Waals surface area contributed by atoms with Gasteiger partial charge in [-0.05, 0) is 68.9 Å². The number of benzene rings is 2. The summed E-state index contributed by atoms with van der Waals surface area (Å²) in [6.45, 7) is 5.96. The van der Waals surface area contributed by atoms with Crippen molar-refractivity contribution in [3.8, 4) is 11.3 Å². The Morgan fingerprint density at radius 3 is 2.61 bits per heavy atom. The van der Waals surface area contributed by atoms with Crippen LogP contribution in [0.2, 0.25) is 0 Å². The Labute approximate surface area is 197 Å². The number of aromatic nitrogens is 2. The summed E-state index contributed by atoms with van der Waals surface area (Å²) in [5.41, 5.74) is 5.97. The van der Waals surface area contributed by atoms with Crippen LogP contribution in [0, 0.1) is 0 Å². The quantitative estimate of drug-likeness (QED) is 0.338. The molecule has 5 nitrogen and oxygen atoms in total. The zero-order valence-electron chi connectivity index (χ0n) is 19.2. The summed E-state index contributed by atoms with van der Waals surface area (Å²) in [7, 11) is 0. The maximum absolute atomic E-state index is 13.2. The fraction of sp³-hybridized carbons (Fsp3) is 0.333. The summed E-state index contributed by atoms with van der Waals surface area (Å²) in [6, 6.07) is 20.1. The molecule has 2 aromatic carbocycles. The van der Waals surface area contributed by atoms with Gasteiger partial charge in [0.1, 0.15) is 10.4 Å². The van der Waals surface area contributed by atoms with Gasteiger partial charge in [-0.2, -0.15) is 0 Å². The normalized spacial score (nSPS) is 16.1. The molecule has 2 aromatic heterocycles. The van der Waals surface area contributed by atoms with Gasteiger partial charge in [-0.1, -0.05) is 47.6 Å². The number of para-hydroxylation sites is 1. The highest BCUT2D eigenvalue weighted by Gasteiger charge is 2.33. The van der Waals surface area contributed by atoms with E-state index < -0.39 is 16.1 Å². The monoisotopic (exact) mass is 459 g/mol. The molecule has 170 valence electrons. The lowest BCUT2D eigenvalue weighted by Gasteiger charge is -2.29. The van der Waals surface area contributed by atoms with Gasteiger partial charge in [-0.15, -0.1) is 4.72 Å². The first-order chi connectivity index (χ1) is 15.9. The molecule has 1 aliphatic rings. The van der Waals surface area contributed by atoms with Gasteiger partial charge in [0.2, 0.25) is 0 Å². The van der Waals surface area contributed by atoms with E-state index in [-0.39, 0.29) is 6.04 Å². The van der Waals surface area contributed by atoms with E-state index in [0.717, 1.165) is 33.5 Å². The third-order valence-corrected chi connectivity index (χ3v) is 7.73. The van der Waals surface area contributed by atoms with Crippen LogP contribution in [-0.4, -0.2) is 19.4 Å². The fourth-order valence-electron chi connectivity index (χ4n) is 4.20. The zero-order valence-corrected chi connectivity index (χ0v) is 20.1. The number of hydrogen-bond donors (Lipinski definition) is 1. The van der Waals surface area contributed by atoms with Crippen LogP contribution in [0.3, 0.4) is 0 Å². The number of nitrogens with one attached hydrogen (secondary N) is 1. The number of fused-ring (bicyclic) bond motifs is 1. The average molecular weight is 460 g/mol. The van der Waals surface area contributed by atoms with E-state index in [1.807, 2.05) is 69.4 Å². The van der Waals surface area contributed by atoms with Gasteiger partial charge >= 0.3 is 0 Å². The Kier molecular flexibility index (Phi) is 5.99. The molecule has 1 aliphatic carbocycles. The van der Waals surface area contributed by atoms with Gasteiger partial charge < -0.3 is 9.08 Å². The molecular weight excluding hydrogens is 430 g/mol. The highest BCUT2D eigenvalue weighted by Crippen LogP contribution is 2.42. The SMILES string of the molecule is CC(C)(C)[S@+]([O-])N[C@@H](Cc1ncccc1C1CC1)c1ccccc1-c1noc2ccccc12. The van der Waals surface area contributed by atoms with E-state index in [9.17, 15) is 4.55 Å². The van der Waals surface area contributed by atoms with Crippen LogP contribution >= 0.6 is 0 Å². The van der Waals surface area contributed by atoms with E-state index in [1.165, 1.54) is 18.4 Å². The first-order valence-corrected chi connectivity index (χ1v) is 12.6. The second kappa shape index (κ2) is 8.93. The molecule has 0 unspecified atom stereocenters. The number of rotatable bonds is 7. The zero-order chi connectivity index (χ0) is 23.0. The molecule has 1 saturated carbocycles. The highest BCUT2D eigenvalue weighted by atomic mass is 32.2. The largest absolute Gasteiger partial charge is 0.598 e. The summed E-state index contributed by atoms with van der Waals surface area (Å²) in [5, 5.41) is 5.37. The molecule has 0 saturated heterocycles. The summed E-state index contributed by atoms with van der Waals surface area (Å²) >= 11 is -1.25. The molecule has 1 N–H and O–H groups in total. The number of hydrogen-bond acceptors (Lipinski definition) is 5. The molecule has 1 fully saturated rings. The predicted octanol–water partition coefficient (Wildman–Crippen LogP) is 6.10. The number of nitrogens with zero attached hydrogens (tertiary/aromatic N) is 2. The molecule has 0 spiro atoms. The summed E-state index contributed by atoms with van der Waals surface area (Å²) in [6.07, 6.45) is 4.94. The van der Waals surface area contributed by atoms with E-state index in [1.54, 1.807) is 0 Å². The van der Waals surface area contributed by atoms with Crippen LogP contribution in [0.4, 0.5) is 0 Å². The van der Waals surface area contributed by atoms with E-state index in [2.05, 4.69) is 28.1 Å². The van der Waals surface area contributed by atoms with Gasteiger partial charge in [-0.3, -0.25) is 4.98 Å². The van der Waals surface area contributed by atoms with Crippen molar-refractivity contribution in [2.75, 3.05) is 0 Å². The Bertz CT molecular complexity index is 1260. The van der Waals surface area contributed by atoms with Crippen LogP contribution in [0.25, 0.3) is 22.2 Å². The van der Waals surface area contributed by atoms with Crippen molar-refractivity contribution in [2.45, 2.75) is 56.7 Å². The van der Waals surface area contributed by atoms with Gasteiger partial charge in [0.15, 0.2) is 5.58 Å². The molecule has 0 aliphatic heterocycles. The lowest BCUT2D eigenvalue weighted by molar-refractivity contribution is 0.459. The smallest absolute Gasteiger partial charge is 0.167 e. The first-order valence-electron chi connectivity index (χ1n) is 11.5. The third kappa shape index (κ3) is 4.69. The molecule has 0 bridgehead atoms. The van der Waals surface area contributed by atoms with Crippen LogP contribution in [0.5, 0.6) is 0 Å². The van der Waals surface area contributed by atoms with Crippen molar-refractivity contribution >= 4 is 22.3 Å². The van der Waals surface area contributed by atoms with Crippen molar-refractivity contribution in [1.29, 1.82) is 0 Å². The van der Waals surface area contributed by atoms with Crippen LogP contribution < -0.4 is 4.72 Å². The predicted molar refractivity (Wildman–Crippen MR) is 133 cm³/mol. The summed E-state index contributed by atoms with van der Waals surface area (Å²) in [5.74, 6) is 0.595. The minimum atomic E-state index is -1.25. The van der Waals surface area contributed by atoms with Crippen LogP contribution in [0.1, 0.15) is 62.4 Å². The van der Waals surface area contributed by atoms with Crippen molar-refractivity contribution in [3.63, 3.8) is 0 Å². The van der Waals surface area contributed by atoms with Gasteiger partial charge in [0.05, 0.1) is 6.04 Å². The number of pyridine rings is 1. The Morgan fingerprint density at radius 2 is 1.82 bits per heavy atom. The Balaban J connectivity index is 1.59. The van der Waals surface area contributed by atoms with E-state index in [0.29, 0.717) is 12.3 Å². The minimum Gasteiger partial charge on any atom is -0.598 e. The summed E-state index contributed by atoms with van der Waals surface area (Å²) < 4.78 is 21.9. The van der Waals surface area contributed by atoms with Crippen molar-refractivity contribution in [3.05, 3.63) is 83.7 Å². The van der Waals surface area contributed by atoms with Crippen molar-refractivity contribution < 1.29 is 9.08 Å². The fourth-order valence-corrected chi connectivity index (χ4v) is 5.02. The van der Waals surface area contributed by atoms with Crippen LogP contribution in [-0.2, 0) is 17.8 Å². The first kappa shape index (κ1) is 22.1. The highest BCUT2D eigenvalue weighted by molar-refractivity contribution is 7.90. The maximum Gasteiger partial charge on any atom is 0.167 e. The molecule has 5 rings (SSSR count). The Hall–Kier alpha value is -2.67. The van der Waals surface area contributed by atoms with Crippen molar-refractivity contribution in [2.24, 2.45) is 0 Å². The molecule has 0 amide bonds. The molecule has 6 heteroatoms. The Morgan fingerprint density at radius 1 is 1.06 bits per heavy atom. The lowest BCUT2D eigenvalue weighted by atomic mass is 9.93. The average Bonchev–Trinajstić information content (AvgIpc) is 3.57. The van der Waals surface area contributed by atoms with E-state index in [4.69, 9.17) is 9.51 Å². The molecule has 2 heterocycles. The second-order valence-electron chi connectivity index (χ2n) is 9.68. The molecule has 0 radical (unpaired) electrons. The minimum absolute atomic E-state index is 0.191. The molecule has 2 atom stereocenters. The maximum atomic E-state index is 13.2. The molecule has 4 aromatic rings. The lowest BCUT2D eigenvalue weighted by Crippen LogP contribution is -2.42. The topological polar surface area (TPSA) is 74.0 Å². The second-order valence-corrected chi connectivity index (χ2v) is 11.7.